The number of benzene rings is 1. The minimum absolute atomic E-state index is 0.0320. The number of nitrogens with zero attached hydrogens (tertiary/aromatic N) is 5. The predicted octanol–water partition coefficient (Wildman–Crippen LogP) is 3.13. The quantitative estimate of drug-likeness (QED) is 0.450. The second kappa shape index (κ2) is 8.67. The Bertz CT molecular complexity index is 1240. The number of nitrogens with one attached hydrogen (secondary N) is 1. The number of alkyl halides is 3. The van der Waals surface area contributed by atoms with Gasteiger partial charge in [0.1, 0.15) is 17.0 Å². The highest BCUT2D eigenvalue weighted by molar-refractivity contribution is 5.92. The third kappa shape index (κ3) is 4.31. The largest absolute Gasteiger partial charge is 0.467 e. The Morgan fingerprint density at radius 1 is 1.33 bits per heavy atom. The first kappa shape index (κ1) is 22.5. The van der Waals surface area contributed by atoms with Crippen molar-refractivity contribution in [1.29, 1.82) is 5.26 Å². The number of hydrogen-bond donors (Lipinski definition) is 2. The molecule has 0 aliphatic carbocycles. The van der Waals surface area contributed by atoms with Crippen LogP contribution in [0.4, 0.5) is 29.1 Å². The van der Waals surface area contributed by atoms with Gasteiger partial charge in [0.2, 0.25) is 0 Å². The van der Waals surface area contributed by atoms with Crippen molar-refractivity contribution in [3.63, 3.8) is 0 Å². The molecule has 1 saturated heterocycles. The average molecular weight is 461 g/mol. The zero-order chi connectivity index (χ0) is 23.8. The Hall–Kier alpha value is -3.72. The molecule has 3 N–H and O–H groups in total. The van der Waals surface area contributed by atoms with E-state index in [-0.39, 0.29) is 35.1 Å². The molecule has 1 fully saturated rings. The fraction of sp³-hybridized carbons (Fsp3) is 0.333. The third-order valence-corrected chi connectivity index (χ3v) is 5.32. The van der Waals surface area contributed by atoms with Crippen LogP contribution in [0, 0.1) is 17.1 Å². The number of methoxy groups -OCH3 is 1. The van der Waals surface area contributed by atoms with E-state index >= 15 is 4.39 Å². The summed E-state index contributed by atoms with van der Waals surface area (Å²) in [5, 5.41) is 12.4. The lowest BCUT2D eigenvalue weighted by molar-refractivity contribution is -0.137. The van der Waals surface area contributed by atoms with Crippen LogP contribution in [-0.4, -0.2) is 47.7 Å². The van der Waals surface area contributed by atoms with Crippen LogP contribution in [0.1, 0.15) is 12.0 Å². The molecule has 172 valence electrons. The smallest absolute Gasteiger partial charge is 0.417 e. The highest BCUT2D eigenvalue weighted by Crippen LogP contribution is 2.40. The first-order chi connectivity index (χ1) is 15.7. The van der Waals surface area contributed by atoms with Crippen LogP contribution in [-0.2, 0) is 6.18 Å². The molecule has 12 heteroatoms. The summed E-state index contributed by atoms with van der Waals surface area (Å²) < 4.78 is 61.4. The summed E-state index contributed by atoms with van der Waals surface area (Å²) in [5.74, 6) is -0.725. The van der Waals surface area contributed by atoms with Crippen molar-refractivity contribution in [2.75, 3.05) is 37.4 Å². The summed E-state index contributed by atoms with van der Waals surface area (Å²) in [4.78, 5) is 14.2. The fourth-order valence-corrected chi connectivity index (χ4v) is 3.81. The lowest BCUT2D eigenvalue weighted by Crippen LogP contribution is -2.51. The molecule has 0 amide bonds. The Balaban J connectivity index is 1.89. The Labute approximate surface area is 186 Å². The van der Waals surface area contributed by atoms with Crippen molar-refractivity contribution >= 4 is 22.4 Å². The van der Waals surface area contributed by atoms with Crippen molar-refractivity contribution < 1.29 is 22.3 Å². The van der Waals surface area contributed by atoms with Gasteiger partial charge in [0.15, 0.2) is 5.82 Å². The molecule has 1 aliphatic heterocycles. The van der Waals surface area contributed by atoms with Crippen molar-refractivity contribution in [2.45, 2.75) is 18.6 Å². The zero-order valence-electron chi connectivity index (χ0n) is 17.4. The van der Waals surface area contributed by atoms with Crippen LogP contribution < -0.4 is 20.7 Å². The number of piperazine rings is 1. The fourth-order valence-electron chi connectivity index (χ4n) is 3.81. The molecule has 1 aliphatic rings. The lowest BCUT2D eigenvalue weighted by Gasteiger charge is -2.34. The second-order valence-corrected chi connectivity index (χ2v) is 7.48. The number of pyridine rings is 1. The predicted molar refractivity (Wildman–Crippen MR) is 113 cm³/mol. The van der Waals surface area contributed by atoms with Gasteiger partial charge in [0.25, 0.3) is 0 Å². The highest BCUT2D eigenvalue weighted by atomic mass is 19.4. The standard InChI is InChI=1S/C21H19F4N7O/c1-33-20-30-18-14(19(31-20)32-7-6-28-12(10-32)4-5-26)9-29-17(16(18)22)13-8-11(27)2-3-15(13)21(23,24)25/h2-3,8-9,12,28H,4,6-7,10,27H2,1H3. The monoisotopic (exact) mass is 461 g/mol. The van der Waals surface area contributed by atoms with Crippen molar-refractivity contribution in [3.05, 3.63) is 35.8 Å². The number of nitriles is 1. The zero-order valence-corrected chi connectivity index (χ0v) is 17.4. The minimum atomic E-state index is -4.74. The summed E-state index contributed by atoms with van der Waals surface area (Å²) >= 11 is 0. The summed E-state index contributed by atoms with van der Waals surface area (Å²) in [5.41, 5.74) is 3.40. The van der Waals surface area contributed by atoms with Crippen molar-refractivity contribution in [3.8, 4) is 23.3 Å². The topological polar surface area (TPSA) is 113 Å². The Morgan fingerprint density at radius 2 is 2.12 bits per heavy atom. The van der Waals surface area contributed by atoms with Crippen LogP contribution in [0.25, 0.3) is 22.2 Å². The average Bonchev–Trinajstić information content (AvgIpc) is 2.78. The maximum Gasteiger partial charge on any atom is 0.417 e. The maximum atomic E-state index is 15.6. The van der Waals surface area contributed by atoms with E-state index in [1.807, 2.05) is 4.90 Å². The number of nitrogen functional groups attached to an aromatic ring is 1. The number of hydrogen-bond acceptors (Lipinski definition) is 8. The number of aromatic nitrogens is 3. The van der Waals surface area contributed by atoms with Crippen LogP contribution >= 0.6 is 0 Å². The van der Waals surface area contributed by atoms with Crippen LogP contribution in [0.3, 0.4) is 0 Å². The molecule has 0 spiro atoms. The first-order valence-corrected chi connectivity index (χ1v) is 9.95. The molecule has 3 heterocycles. The minimum Gasteiger partial charge on any atom is -0.467 e. The van der Waals surface area contributed by atoms with E-state index < -0.39 is 28.8 Å². The van der Waals surface area contributed by atoms with Crippen LogP contribution in [0.15, 0.2) is 24.4 Å². The molecule has 3 aromatic rings. The number of nitrogens with two attached hydrogens (primary N) is 1. The van der Waals surface area contributed by atoms with E-state index in [1.54, 1.807) is 0 Å². The van der Waals surface area contributed by atoms with E-state index in [1.165, 1.54) is 13.3 Å². The van der Waals surface area contributed by atoms with Gasteiger partial charge >= 0.3 is 12.2 Å². The van der Waals surface area contributed by atoms with Gasteiger partial charge in [-0.15, -0.1) is 0 Å². The number of anilines is 2. The van der Waals surface area contributed by atoms with E-state index in [4.69, 9.17) is 15.7 Å². The van der Waals surface area contributed by atoms with Gasteiger partial charge in [-0.05, 0) is 18.2 Å². The lowest BCUT2D eigenvalue weighted by atomic mass is 10.0. The van der Waals surface area contributed by atoms with E-state index in [0.29, 0.717) is 25.5 Å². The second-order valence-electron chi connectivity index (χ2n) is 7.48. The molecule has 33 heavy (non-hydrogen) atoms. The summed E-state index contributed by atoms with van der Waals surface area (Å²) in [6.45, 7) is 1.49. The SMILES string of the molecule is COc1nc(N2CCNC(CC#N)C2)c2cnc(-c3cc(N)ccc3C(F)(F)F)c(F)c2n1. The number of halogens is 4. The molecule has 0 radical (unpaired) electrons. The van der Waals surface area contributed by atoms with Crippen LogP contribution in [0.2, 0.25) is 0 Å². The van der Waals surface area contributed by atoms with Gasteiger partial charge in [0, 0.05) is 43.1 Å². The first-order valence-electron chi connectivity index (χ1n) is 9.95. The molecular weight excluding hydrogens is 442 g/mol. The van der Waals surface area contributed by atoms with Gasteiger partial charge in [-0.25, -0.2) is 4.39 Å². The molecule has 1 atom stereocenters. The van der Waals surface area contributed by atoms with Gasteiger partial charge in [-0.3, -0.25) is 4.98 Å². The molecule has 2 aromatic heterocycles. The molecule has 0 saturated carbocycles. The Morgan fingerprint density at radius 3 is 2.82 bits per heavy atom. The highest BCUT2D eigenvalue weighted by Gasteiger charge is 2.35. The number of fused-ring (bicyclic) bond motifs is 1. The molecule has 0 bridgehead atoms. The number of rotatable bonds is 4. The Kier molecular flexibility index (Phi) is 5.90. The van der Waals surface area contributed by atoms with Gasteiger partial charge in [-0.2, -0.15) is 28.4 Å². The molecule has 8 nitrogen and oxygen atoms in total. The van der Waals surface area contributed by atoms with Gasteiger partial charge < -0.3 is 20.7 Å². The normalized spacial score (nSPS) is 16.6. The van der Waals surface area contributed by atoms with Crippen molar-refractivity contribution in [1.82, 2.24) is 20.3 Å². The summed E-state index contributed by atoms with van der Waals surface area (Å²) in [6, 6.07) is 4.75. The van der Waals surface area contributed by atoms with E-state index in [2.05, 4.69) is 26.3 Å². The molecule has 1 unspecified atom stereocenters. The van der Waals surface area contributed by atoms with Gasteiger partial charge in [0.05, 0.1) is 30.5 Å². The molecule has 4 rings (SSSR count). The van der Waals surface area contributed by atoms with E-state index in [9.17, 15) is 13.2 Å². The summed E-state index contributed by atoms with van der Waals surface area (Å²) in [6.07, 6.45) is -3.23. The summed E-state index contributed by atoms with van der Waals surface area (Å²) in [7, 11) is 1.31. The molecular formula is C21H19F4N7O. The number of ether oxygens (including phenoxy) is 1. The molecule has 1 aromatic carbocycles. The van der Waals surface area contributed by atoms with Crippen LogP contribution in [0.5, 0.6) is 6.01 Å². The van der Waals surface area contributed by atoms with E-state index in [0.717, 1.165) is 18.2 Å². The van der Waals surface area contributed by atoms with Gasteiger partial charge in [-0.1, -0.05) is 0 Å². The van der Waals surface area contributed by atoms with Crippen molar-refractivity contribution in [2.24, 2.45) is 0 Å². The maximum absolute atomic E-state index is 15.6. The third-order valence-electron chi connectivity index (χ3n) is 5.32.